The van der Waals surface area contributed by atoms with E-state index in [1.54, 1.807) is 0 Å². The van der Waals surface area contributed by atoms with Gasteiger partial charge in [-0.2, -0.15) is 4.98 Å². The molecule has 0 spiro atoms. The zero-order valence-electron chi connectivity index (χ0n) is 10.8. The smallest absolute Gasteiger partial charge is 0.224 e. The van der Waals surface area contributed by atoms with Crippen LogP contribution in [0.4, 0.5) is 20.5 Å². The van der Waals surface area contributed by atoms with E-state index in [4.69, 9.17) is 11.6 Å². The molecule has 0 atom stereocenters. The quantitative estimate of drug-likeness (QED) is 0.887. The van der Waals surface area contributed by atoms with Crippen LogP contribution in [0, 0.1) is 11.6 Å². The molecule has 0 fully saturated rings. The average molecular weight is 299 g/mol. The maximum atomic E-state index is 13.5. The van der Waals surface area contributed by atoms with Gasteiger partial charge in [0.05, 0.1) is 6.20 Å². The monoisotopic (exact) mass is 298 g/mol. The average Bonchev–Trinajstić information content (AvgIpc) is 2.41. The predicted molar refractivity (Wildman–Crippen MR) is 74.9 cm³/mol. The summed E-state index contributed by atoms with van der Waals surface area (Å²) in [7, 11) is 0. The molecular formula is C13H13ClF2N4. The van der Waals surface area contributed by atoms with Crippen molar-refractivity contribution in [1.82, 2.24) is 9.97 Å². The molecule has 4 nitrogen and oxygen atoms in total. The first-order valence-electron chi connectivity index (χ1n) is 6.04. The summed E-state index contributed by atoms with van der Waals surface area (Å²) >= 11 is 5.96. The molecule has 2 N–H and O–H groups in total. The normalized spacial score (nSPS) is 10.4. The predicted octanol–water partition coefficient (Wildman–Crippen LogP) is 3.45. The van der Waals surface area contributed by atoms with E-state index in [2.05, 4.69) is 20.6 Å². The van der Waals surface area contributed by atoms with Gasteiger partial charge in [-0.05, 0) is 13.0 Å². The summed E-state index contributed by atoms with van der Waals surface area (Å²) in [6, 6.07) is 3.41. The standard InChI is InChI=1S/C13H13ClF2N4/c1-2-17-13-19-7-10(14)12(20-13)18-6-8-3-4-9(15)5-11(8)16/h3-5,7H,2,6H2,1H3,(H2,17,18,19,20). The number of hydrogen-bond donors (Lipinski definition) is 2. The van der Waals surface area contributed by atoms with E-state index in [1.165, 1.54) is 18.3 Å². The molecule has 2 aromatic rings. The van der Waals surface area contributed by atoms with E-state index in [1.807, 2.05) is 6.92 Å². The van der Waals surface area contributed by atoms with Gasteiger partial charge in [-0.15, -0.1) is 0 Å². The molecule has 0 unspecified atom stereocenters. The highest BCUT2D eigenvalue weighted by Gasteiger charge is 2.07. The van der Waals surface area contributed by atoms with E-state index in [-0.39, 0.29) is 6.54 Å². The van der Waals surface area contributed by atoms with Crippen molar-refractivity contribution in [2.75, 3.05) is 17.2 Å². The lowest BCUT2D eigenvalue weighted by molar-refractivity contribution is 0.574. The SMILES string of the molecule is CCNc1ncc(Cl)c(NCc2ccc(F)cc2F)n1. The van der Waals surface area contributed by atoms with Gasteiger partial charge in [0.15, 0.2) is 5.82 Å². The van der Waals surface area contributed by atoms with Gasteiger partial charge in [-0.1, -0.05) is 17.7 Å². The number of aromatic nitrogens is 2. The third-order valence-corrected chi connectivity index (χ3v) is 2.82. The lowest BCUT2D eigenvalue weighted by Gasteiger charge is -2.10. The van der Waals surface area contributed by atoms with Crippen LogP contribution in [0.1, 0.15) is 12.5 Å². The van der Waals surface area contributed by atoms with E-state index in [0.29, 0.717) is 28.9 Å². The molecule has 0 radical (unpaired) electrons. The first-order valence-corrected chi connectivity index (χ1v) is 6.42. The zero-order valence-corrected chi connectivity index (χ0v) is 11.5. The number of nitrogens with zero attached hydrogens (tertiary/aromatic N) is 2. The van der Waals surface area contributed by atoms with Gasteiger partial charge in [-0.25, -0.2) is 13.8 Å². The van der Waals surface area contributed by atoms with Gasteiger partial charge in [0.1, 0.15) is 16.7 Å². The van der Waals surface area contributed by atoms with Crippen LogP contribution >= 0.6 is 11.6 Å². The summed E-state index contributed by atoms with van der Waals surface area (Å²) in [6.07, 6.45) is 1.45. The Balaban J connectivity index is 2.11. The lowest BCUT2D eigenvalue weighted by atomic mass is 10.2. The van der Waals surface area contributed by atoms with Crippen LogP contribution in [0.3, 0.4) is 0 Å². The number of nitrogens with one attached hydrogen (secondary N) is 2. The highest BCUT2D eigenvalue weighted by molar-refractivity contribution is 6.32. The van der Waals surface area contributed by atoms with Crippen LogP contribution in [0.5, 0.6) is 0 Å². The Labute approximate surface area is 120 Å². The molecule has 0 saturated heterocycles. The summed E-state index contributed by atoms with van der Waals surface area (Å²) < 4.78 is 26.3. The fraction of sp³-hybridized carbons (Fsp3) is 0.231. The minimum Gasteiger partial charge on any atom is -0.364 e. The number of anilines is 2. The number of benzene rings is 1. The molecule has 106 valence electrons. The molecule has 0 saturated carbocycles. The van der Waals surface area contributed by atoms with Crippen molar-refractivity contribution in [1.29, 1.82) is 0 Å². The summed E-state index contributed by atoms with van der Waals surface area (Å²) in [5.74, 6) is -0.407. The van der Waals surface area contributed by atoms with E-state index in [0.717, 1.165) is 6.07 Å². The minimum atomic E-state index is -0.616. The van der Waals surface area contributed by atoms with Gasteiger partial charge in [0.25, 0.3) is 0 Å². The summed E-state index contributed by atoms with van der Waals surface area (Å²) in [4.78, 5) is 8.16. The number of hydrogen-bond acceptors (Lipinski definition) is 4. The van der Waals surface area contributed by atoms with Crippen molar-refractivity contribution in [3.8, 4) is 0 Å². The van der Waals surface area contributed by atoms with Gasteiger partial charge in [0.2, 0.25) is 5.95 Å². The Morgan fingerprint density at radius 3 is 2.75 bits per heavy atom. The second kappa shape index (κ2) is 6.47. The molecule has 20 heavy (non-hydrogen) atoms. The van der Waals surface area contributed by atoms with Gasteiger partial charge in [-0.3, -0.25) is 0 Å². The highest BCUT2D eigenvalue weighted by Crippen LogP contribution is 2.20. The van der Waals surface area contributed by atoms with Crippen molar-refractivity contribution in [2.24, 2.45) is 0 Å². The maximum absolute atomic E-state index is 13.5. The Kier molecular flexibility index (Phi) is 4.68. The Bertz CT molecular complexity index is 607. The van der Waals surface area contributed by atoms with Crippen LogP contribution < -0.4 is 10.6 Å². The third kappa shape index (κ3) is 3.54. The van der Waals surface area contributed by atoms with E-state index in [9.17, 15) is 8.78 Å². The Morgan fingerprint density at radius 1 is 1.25 bits per heavy atom. The largest absolute Gasteiger partial charge is 0.364 e. The third-order valence-electron chi connectivity index (χ3n) is 2.54. The van der Waals surface area contributed by atoms with Crippen LogP contribution in [0.2, 0.25) is 5.02 Å². The van der Waals surface area contributed by atoms with Crippen molar-refractivity contribution in [3.63, 3.8) is 0 Å². The molecule has 7 heteroatoms. The van der Waals surface area contributed by atoms with Crippen LogP contribution in [-0.2, 0) is 6.54 Å². The second-order valence-electron chi connectivity index (χ2n) is 4.01. The molecule has 0 aliphatic heterocycles. The molecule has 0 bridgehead atoms. The van der Waals surface area contributed by atoms with Crippen LogP contribution in [0.15, 0.2) is 24.4 Å². The summed E-state index contributed by atoms with van der Waals surface area (Å²) in [6.45, 7) is 2.74. The van der Waals surface area contributed by atoms with Crippen LogP contribution in [0.25, 0.3) is 0 Å². The molecule has 1 heterocycles. The molecule has 0 amide bonds. The molecule has 2 rings (SSSR count). The minimum absolute atomic E-state index is 0.147. The lowest BCUT2D eigenvalue weighted by Crippen LogP contribution is -2.08. The first kappa shape index (κ1) is 14.5. The van der Waals surface area contributed by atoms with Crippen molar-refractivity contribution in [3.05, 3.63) is 46.6 Å². The molecule has 0 aliphatic carbocycles. The first-order chi connectivity index (χ1) is 9.60. The molecule has 1 aromatic heterocycles. The number of rotatable bonds is 5. The van der Waals surface area contributed by atoms with Crippen molar-refractivity contribution < 1.29 is 8.78 Å². The van der Waals surface area contributed by atoms with Gasteiger partial charge >= 0.3 is 0 Å². The molecule has 0 aliphatic rings. The van der Waals surface area contributed by atoms with E-state index < -0.39 is 11.6 Å². The Morgan fingerprint density at radius 2 is 2.05 bits per heavy atom. The summed E-state index contributed by atoms with van der Waals surface area (Å²) in [5, 5.41) is 6.18. The van der Waals surface area contributed by atoms with Crippen molar-refractivity contribution >= 4 is 23.4 Å². The van der Waals surface area contributed by atoms with Gasteiger partial charge in [0, 0.05) is 24.7 Å². The summed E-state index contributed by atoms with van der Waals surface area (Å²) in [5.41, 5.74) is 0.325. The van der Waals surface area contributed by atoms with Crippen LogP contribution in [-0.4, -0.2) is 16.5 Å². The number of halogens is 3. The zero-order chi connectivity index (χ0) is 14.5. The highest BCUT2D eigenvalue weighted by atomic mass is 35.5. The second-order valence-corrected chi connectivity index (χ2v) is 4.42. The fourth-order valence-electron chi connectivity index (χ4n) is 1.58. The molecular weight excluding hydrogens is 286 g/mol. The maximum Gasteiger partial charge on any atom is 0.224 e. The van der Waals surface area contributed by atoms with Gasteiger partial charge < -0.3 is 10.6 Å². The van der Waals surface area contributed by atoms with Crippen molar-refractivity contribution in [2.45, 2.75) is 13.5 Å². The van der Waals surface area contributed by atoms with E-state index >= 15 is 0 Å². The fourth-order valence-corrected chi connectivity index (χ4v) is 1.74. The Hall–Kier alpha value is -1.95. The topological polar surface area (TPSA) is 49.8 Å². The molecule has 1 aromatic carbocycles.